The Morgan fingerprint density at radius 3 is 2.56 bits per heavy atom. The third-order valence-electron chi connectivity index (χ3n) is 3.33. The minimum absolute atomic E-state index is 0.0896. The van der Waals surface area contributed by atoms with E-state index < -0.39 is 17.8 Å². The Morgan fingerprint density at radius 2 is 1.88 bits per heavy atom. The maximum atomic E-state index is 13.5. The average molecular weight is 346 g/mol. The maximum Gasteiger partial charge on any atom is 0.268 e. The Morgan fingerprint density at radius 1 is 1.16 bits per heavy atom. The van der Waals surface area contributed by atoms with Crippen LogP contribution >= 0.6 is 0 Å². The lowest BCUT2D eigenvalue weighted by Gasteiger charge is -2.11. The molecule has 0 fully saturated rings. The summed E-state index contributed by atoms with van der Waals surface area (Å²) in [6.07, 6.45) is 0.547. The summed E-state index contributed by atoms with van der Waals surface area (Å²) in [5.74, 6) is 0.126. The molecule has 2 aromatic carbocycles. The number of nitrogens with zero attached hydrogens (tertiary/aromatic N) is 1. The summed E-state index contributed by atoms with van der Waals surface area (Å²) in [5, 5.41) is 6.22. The highest BCUT2D eigenvalue weighted by Gasteiger charge is 2.15. The fraction of sp³-hybridized carbons (Fsp3) is 0.222. The van der Waals surface area contributed by atoms with E-state index in [9.17, 15) is 9.18 Å². The third-order valence-corrected chi connectivity index (χ3v) is 3.33. The number of para-hydroxylation sites is 1. The van der Waals surface area contributed by atoms with Gasteiger partial charge in [0.1, 0.15) is 5.82 Å². The van der Waals surface area contributed by atoms with Crippen LogP contribution in [0, 0.1) is 5.82 Å². The molecule has 0 unspecified atom stereocenters. The van der Waals surface area contributed by atoms with Gasteiger partial charge in [-0.3, -0.25) is 4.79 Å². The number of hydrogen-bond acceptors (Lipinski definition) is 5. The van der Waals surface area contributed by atoms with Crippen LogP contribution in [0.25, 0.3) is 0 Å². The van der Waals surface area contributed by atoms with Gasteiger partial charge in [0, 0.05) is 5.56 Å². The van der Waals surface area contributed by atoms with Crippen molar-refractivity contribution in [3.63, 3.8) is 0 Å². The van der Waals surface area contributed by atoms with Crippen molar-refractivity contribution < 1.29 is 23.5 Å². The van der Waals surface area contributed by atoms with Crippen molar-refractivity contribution in [2.24, 2.45) is 5.16 Å². The van der Waals surface area contributed by atoms with Crippen LogP contribution in [0.2, 0.25) is 0 Å². The van der Waals surface area contributed by atoms with Crippen LogP contribution in [0.5, 0.6) is 11.5 Å². The smallest absolute Gasteiger partial charge is 0.268 e. The Bertz CT molecular complexity index is 764. The van der Waals surface area contributed by atoms with E-state index in [1.165, 1.54) is 32.4 Å². The quantitative estimate of drug-likeness (QED) is 0.617. The second kappa shape index (κ2) is 8.68. The lowest BCUT2D eigenvalue weighted by Crippen LogP contribution is -2.26. The summed E-state index contributed by atoms with van der Waals surface area (Å²) < 4.78 is 23.9. The fourth-order valence-electron chi connectivity index (χ4n) is 1.96. The van der Waals surface area contributed by atoms with Gasteiger partial charge in [-0.15, -0.1) is 0 Å². The number of oxime groups is 1. The Balaban J connectivity index is 1.94. The van der Waals surface area contributed by atoms with Gasteiger partial charge >= 0.3 is 0 Å². The number of rotatable bonds is 7. The van der Waals surface area contributed by atoms with E-state index in [2.05, 4.69) is 10.5 Å². The molecule has 1 N–H and O–H groups in total. The topological polar surface area (TPSA) is 69.2 Å². The monoisotopic (exact) mass is 346 g/mol. The van der Waals surface area contributed by atoms with Gasteiger partial charge in [0.2, 0.25) is 6.10 Å². The van der Waals surface area contributed by atoms with Crippen LogP contribution in [-0.2, 0) is 9.63 Å². The molecule has 0 bridgehead atoms. The first-order valence-corrected chi connectivity index (χ1v) is 7.51. The van der Waals surface area contributed by atoms with Crippen molar-refractivity contribution in [1.29, 1.82) is 0 Å². The molecule has 0 saturated carbocycles. The maximum absolute atomic E-state index is 13.5. The zero-order chi connectivity index (χ0) is 18.2. The molecule has 0 heterocycles. The zero-order valence-corrected chi connectivity index (χ0v) is 14.2. The number of benzene rings is 2. The summed E-state index contributed by atoms with van der Waals surface area (Å²) in [4.78, 5) is 17.1. The van der Waals surface area contributed by atoms with E-state index in [4.69, 9.17) is 14.3 Å². The summed E-state index contributed by atoms with van der Waals surface area (Å²) in [7, 11) is 3.08. The molecule has 2 rings (SSSR count). The first-order chi connectivity index (χ1) is 12.0. The molecule has 0 saturated heterocycles. The van der Waals surface area contributed by atoms with E-state index in [-0.39, 0.29) is 5.69 Å². The van der Waals surface area contributed by atoms with Crippen molar-refractivity contribution in [1.82, 2.24) is 0 Å². The highest BCUT2D eigenvalue weighted by Crippen LogP contribution is 2.26. The van der Waals surface area contributed by atoms with Gasteiger partial charge in [-0.05, 0) is 37.3 Å². The van der Waals surface area contributed by atoms with Crippen molar-refractivity contribution in [3.8, 4) is 11.5 Å². The predicted octanol–water partition coefficient (Wildman–Crippen LogP) is 3.22. The lowest BCUT2D eigenvalue weighted by molar-refractivity contribution is -0.126. The van der Waals surface area contributed by atoms with Crippen LogP contribution in [0.15, 0.2) is 47.6 Å². The molecule has 0 aliphatic rings. The van der Waals surface area contributed by atoms with Crippen molar-refractivity contribution in [3.05, 3.63) is 53.8 Å². The fourth-order valence-corrected chi connectivity index (χ4v) is 1.96. The highest BCUT2D eigenvalue weighted by atomic mass is 19.1. The van der Waals surface area contributed by atoms with Gasteiger partial charge in [0.15, 0.2) is 11.5 Å². The second-order valence-corrected chi connectivity index (χ2v) is 5.07. The van der Waals surface area contributed by atoms with E-state index >= 15 is 0 Å². The molecule has 1 amide bonds. The highest BCUT2D eigenvalue weighted by molar-refractivity contribution is 5.94. The molecular formula is C18H19FN2O4. The molecular weight excluding hydrogens is 327 g/mol. The predicted molar refractivity (Wildman–Crippen MR) is 92.7 cm³/mol. The van der Waals surface area contributed by atoms with Crippen LogP contribution < -0.4 is 14.8 Å². The Hall–Kier alpha value is -3.09. The number of nitrogens with one attached hydrogen (secondary N) is 1. The molecule has 2 aromatic rings. The summed E-state index contributed by atoms with van der Waals surface area (Å²) in [5.41, 5.74) is 0.797. The van der Waals surface area contributed by atoms with Crippen molar-refractivity contribution >= 4 is 17.8 Å². The van der Waals surface area contributed by atoms with Gasteiger partial charge in [0.05, 0.1) is 26.1 Å². The van der Waals surface area contributed by atoms with Crippen molar-refractivity contribution in [2.45, 2.75) is 13.0 Å². The standard InChI is InChI=1S/C18H19FN2O4/c1-12(18(22)21-15-7-5-4-6-14(15)19)25-20-11-13-8-9-16(23-2)17(10-13)24-3/h4-12H,1-3H3,(H,21,22)/b20-11-/t12-/m0/s1. The van der Waals surface area contributed by atoms with Crippen LogP contribution in [-0.4, -0.2) is 32.4 Å². The molecule has 0 aliphatic carbocycles. The van der Waals surface area contributed by atoms with E-state index in [1.54, 1.807) is 37.4 Å². The number of carbonyl (C=O) groups is 1. The summed E-state index contributed by atoms with van der Waals surface area (Å²) in [6.45, 7) is 1.52. The lowest BCUT2D eigenvalue weighted by atomic mass is 10.2. The second-order valence-electron chi connectivity index (χ2n) is 5.07. The van der Waals surface area contributed by atoms with Crippen LogP contribution in [0.1, 0.15) is 12.5 Å². The first kappa shape index (κ1) is 18.3. The third kappa shape index (κ3) is 4.94. The molecule has 0 aliphatic heterocycles. The van der Waals surface area contributed by atoms with Gasteiger partial charge < -0.3 is 19.6 Å². The zero-order valence-electron chi connectivity index (χ0n) is 14.2. The number of amides is 1. The van der Waals surface area contributed by atoms with Gasteiger partial charge in [-0.1, -0.05) is 17.3 Å². The van der Waals surface area contributed by atoms with E-state index in [0.717, 1.165) is 0 Å². The number of halogens is 1. The summed E-state index contributed by atoms with van der Waals surface area (Å²) >= 11 is 0. The largest absolute Gasteiger partial charge is 0.493 e. The van der Waals surface area contributed by atoms with Crippen LogP contribution in [0.3, 0.4) is 0 Å². The normalized spacial score (nSPS) is 11.8. The molecule has 6 nitrogen and oxygen atoms in total. The molecule has 0 radical (unpaired) electrons. The molecule has 0 aromatic heterocycles. The number of carbonyl (C=O) groups excluding carboxylic acids is 1. The minimum atomic E-state index is -0.893. The van der Waals surface area contributed by atoms with Gasteiger partial charge in [-0.25, -0.2) is 4.39 Å². The number of anilines is 1. The first-order valence-electron chi connectivity index (χ1n) is 7.51. The van der Waals surface area contributed by atoms with Gasteiger partial charge in [0.25, 0.3) is 5.91 Å². The average Bonchev–Trinajstić information content (AvgIpc) is 2.63. The molecule has 25 heavy (non-hydrogen) atoms. The molecule has 1 atom stereocenters. The molecule has 0 spiro atoms. The Labute approximate surface area is 145 Å². The van der Waals surface area contributed by atoms with Gasteiger partial charge in [-0.2, -0.15) is 0 Å². The van der Waals surface area contributed by atoms with E-state index in [1.807, 2.05) is 0 Å². The van der Waals surface area contributed by atoms with Crippen LogP contribution in [0.4, 0.5) is 10.1 Å². The molecule has 132 valence electrons. The number of ether oxygens (including phenoxy) is 2. The Kier molecular flexibility index (Phi) is 6.33. The van der Waals surface area contributed by atoms with Crippen molar-refractivity contribution in [2.75, 3.05) is 19.5 Å². The SMILES string of the molecule is COc1ccc(/C=N\O[C@@H](C)C(=O)Nc2ccccc2F)cc1OC. The summed E-state index contributed by atoms with van der Waals surface area (Å²) in [6, 6.07) is 11.1. The molecule has 7 heteroatoms. The minimum Gasteiger partial charge on any atom is -0.493 e. The number of methoxy groups -OCH3 is 2. The van der Waals surface area contributed by atoms with E-state index in [0.29, 0.717) is 17.1 Å². The number of hydrogen-bond donors (Lipinski definition) is 1.